The number of carbonyl (C=O) groups is 1. The summed E-state index contributed by atoms with van der Waals surface area (Å²) in [5.41, 5.74) is 5.06. The van der Waals surface area contributed by atoms with Gasteiger partial charge >= 0.3 is 0 Å². The van der Waals surface area contributed by atoms with Crippen LogP contribution in [0, 0.1) is 20.8 Å². The van der Waals surface area contributed by atoms with Crippen molar-refractivity contribution in [1.82, 2.24) is 14.8 Å². The molecule has 3 aromatic rings. The normalized spacial score (nSPS) is 11.9. The molecule has 1 N–H and O–H groups in total. The van der Waals surface area contributed by atoms with Crippen molar-refractivity contribution in [2.45, 2.75) is 44.6 Å². The van der Waals surface area contributed by atoms with Crippen LogP contribution in [0.1, 0.15) is 23.6 Å². The third kappa shape index (κ3) is 4.94. The number of nitrogens with zero attached hydrogens (tertiary/aromatic N) is 3. The van der Waals surface area contributed by atoms with E-state index in [0.29, 0.717) is 22.5 Å². The van der Waals surface area contributed by atoms with Crippen LogP contribution in [0.4, 0.5) is 5.69 Å². The molecular weight excluding hydrogens is 416 g/mol. The van der Waals surface area contributed by atoms with E-state index in [1.807, 2.05) is 49.6 Å². The number of anilines is 1. The monoisotopic (exact) mass is 440 g/mol. The molecule has 1 aromatic heterocycles. The molecule has 0 spiro atoms. The average molecular weight is 441 g/mol. The quantitative estimate of drug-likeness (QED) is 0.371. The molecule has 7 heteroatoms. The predicted molar refractivity (Wildman–Crippen MR) is 125 cm³/mol. The van der Waals surface area contributed by atoms with E-state index in [4.69, 9.17) is 11.6 Å². The first-order valence-electron chi connectivity index (χ1n) is 9.65. The van der Waals surface area contributed by atoms with Gasteiger partial charge < -0.3 is 5.32 Å². The lowest BCUT2D eigenvalue weighted by molar-refractivity contribution is -0.115. The largest absolute Gasteiger partial charge is 0.325 e. The van der Waals surface area contributed by atoms with Crippen LogP contribution in [0.3, 0.4) is 0 Å². The maximum absolute atomic E-state index is 12.9. The molecule has 3 rings (SSSR count). The van der Waals surface area contributed by atoms with Crippen LogP contribution in [0.25, 0.3) is 11.4 Å². The fourth-order valence-electron chi connectivity index (χ4n) is 3.30. The van der Waals surface area contributed by atoms with Crippen molar-refractivity contribution < 1.29 is 4.79 Å². The number of allylic oxidation sites excluding steroid dienone is 1. The van der Waals surface area contributed by atoms with Crippen LogP contribution in [0.5, 0.6) is 0 Å². The summed E-state index contributed by atoms with van der Waals surface area (Å²) in [6, 6.07) is 11.6. The van der Waals surface area contributed by atoms with Crippen LogP contribution < -0.4 is 5.32 Å². The van der Waals surface area contributed by atoms with Crippen molar-refractivity contribution >= 4 is 35.0 Å². The molecule has 0 radical (unpaired) electrons. The number of hydrogen-bond acceptors (Lipinski definition) is 4. The van der Waals surface area contributed by atoms with Gasteiger partial charge in [0.05, 0.1) is 5.25 Å². The van der Waals surface area contributed by atoms with Gasteiger partial charge in [0, 0.05) is 22.8 Å². The summed E-state index contributed by atoms with van der Waals surface area (Å²) in [6.45, 7) is 12.3. The Morgan fingerprint density at radius 2 is 1.83 bits per heavy atom. The lowest BCUT2D eigenvalue weighted by atomic mass is 10.1. The number of aryl methyl sites for hydroxylation is 3. The second kappa shape index (κ2) is 9.49. The van der Waals surface area contributed by atoms with Gasteiger partial charge in [-0.1, -0.05) is 47.1 Å². The number of nitrogens with one attached hydrogen (secondary N) is 1. The fraction of sp³-hybridized carbons (Fsp3) is 0.261. The fourth-order valence-corrected chi connectivity index (χ4v) is 4.28. The molecule has 0 bridgehead atoms. The van der Waals surface area contributed by atoms with Gasteiger partial charge in [-0.05, 0) is 63.1 Å². The second-order valence-corrected chi connectivity index (χ2v) is 8.98. The van der Waals surface area contributed by atoms with Crippen molar-refractivity contribution in [3.8, 4) is 11.4 Å². The minimum absolute atomic E-state index is 0.0729. The number of rotatable bonds is 7. The Morgan fingerprint density at radius 1 is 1.20 bits per heavy atom. The lowest BCUT2D eigenvalue weighted by Crippen LogP contribution is -2.24. The van der Waals surface area contributed by atoms with Crippen LogP contribution in [-0.4, -0.2) is 25.9 Å². The molecular formula is C23H25ClN4OS. The molecule has 30 heavy (non-hydrogen) atoms. The van der Waals surface area contributed by atoms with Gasteiger partial charge in [0.15, 0.2) is 11.0 Å². The summed E-state index contributed by atoms with van der Waals surface area (Å²) in [6.07, 6.45) is 1.79. The molecule has 0 aliphatic carbocycles. The maximum Gasteiger partial charge on any atom is 0.237 e. The molecule has 0 fully saturated rings. The van der Waals surface area contributed by atoms with Gasteiger partial charge in [0.2, 0.25) is 5.91 Å². The zero-order chi connectivity index (χ0) is 21.8. The molecule has 1 heterocycles. The second-order valence-electron chi connectivity index (χ2n) is 7.24. The van der Waals surface area contributed by atoms with Gasteiger partial charge in [0.1, 0.15) is 0 Å². The van der Waals surface area contributed by atoms with E-state index in [1.54, 1.807) is 6.08 Å². The molecule has 1 unspecified atom stereocenters. The number of thioether (sulfide) groups is 1. The Hall–Kier alpha value is -2.57. The molecule has 0 aliphatic heterocycles. The summed E-state index contributed by atoms with van der Waals surface area (Å²) in [5.74, 6) is 0.642. The lowest BCUT2D eigenvalue weighted by Gasteiger charge is -2.16. The van der Waals surface area contributed by atoms with Crippen LogP contribution in [0.15, 0.2) is 54.2 Å². The number of carbonyl (C=O) groups excluding carboxylic acids is 1. The third-order valence-electron chi connectivity index (χ3n) is 4.71. The highest BCUT2D eigenvalue weighted by molar-refractivity contribution is 8.00. The van der Waals surface area contributed by atoms with Gasteiger partial charge in [-0.3, -0.25) is 9.36 Å². The zero-order valence-corrected chi connectivity index (χ0v) is 19.1. The Morgan fingerprint density at radius 3 is 2.43 bits per heavy atom. The molecule has 1 amide bonds. The molecule has 0 aliphatic rings. The molecule has 1 atom stereocenters. The van der Waals surface area contributed by atoms with Gasteiger partial charge in [-0.15, -0.1) is 16.8 Å². The molecule has 5 nitrogen and oxygen atoms in total. The van der Waals surface area contributed by atoms with E-state index in [2.05, 4.69) is 41.1 Å². The number of aromatic nitrogens is 3. The van der Waals surface area contributed by atoms with E-state index < -0.39 is 0 Å². The minimum atomic E-state index is -0.351. The van der Waals surface area contributed by atoms with E-state index in [-0.39, 0.29) is 11.2 Å². The first-order valence-corrected chi connectivity index (χ1v) is 10.9. The Balaban J connectivity index is 1.81. The number of benzene rings is 2. The number of halogens is 1. The highest BCUT2D eigenvalue weighted by Crippen LogP contribution is 2.29. The van der Waals surface area contributed by atoms with Crippen molar-refractivity contribution in [1.29, 1.82) is 0 Å². The number of hydrogen-bond donors (Lipinski definition) is 1. The average Bonchev–Trinajstić information content (AvgIpc) is 3.07. The van der Waals surface area contributed by atoms with E-state index in [9.17, 15) is 4.79 Å². The summed E-state index contributed by atoms with van der Waals surface area (Å²) in [7, 11) is 0. The molecule has 156 valence electrons. The summed E-state index contributed by atoms with van der Waals surface area (Å²) >= 11 is 7.37. The minimum Gasteiger partial charge on any atom is -0.325 e. The molecule has 0 saturated carbocycles. The first-order chi connectivity index (χ1) is 14.3. The van der Waals surface area contributed by atoms with Crippen molar-refractivity contribution in [2.75, 3.05) is 5.32 Å². The highest BCUT2D eigenvalue weighted by atomic mass is 35.5. The van der Waals surface area contributed by atoms with Gasteiger partial charge in [-0.25, -0.2) is 0 Å². The smallest absolute Gasteiger partial charge is 0.237 e. The zero-order valence-electron chi connectivity index (χ0n) is 17.6. The van der Waals surface area contributed by atoms with Crippen LogP contribution in [-0.2, 0) is 11.3 Å². The van der Waals surface area contributed by atoms with E-state index in [1.165, 1.54) is 17.3 Å². The number of amides is 1. The summed E-state index contributed by atoms with van der Waals surface area (Å²) in [4.78, 5) is 12.9. The van der Waals surface area contributed by atoms with Gasteiger partial charge in [-0.2, -0.15) is 0 Å². The highest BCUT2D eigenvalue weighted by Gasteiger charge is 2.21. The van der Waals surface area contributed by atoms with E-state index in [0.717, 1.165) is 22.4 Å². The Bertz CT molecular complexity index is 1050. The van der Waals surface area contributed by atoms with Crippen LogP contribution >= 0.6 is 23.4 Å². The van der Waals surface area contributed by atoms with Crippen molar-refractivity contribution in [3.05, 3.63) is 70.8 Å². The summed E-state index contributed by atoms with van der Waals surface area (Å²) in [5, 5.41) is 12.7. The Labute approximate surface area is 186 Å². The third-order valence-corrected chi connectivity index (χ3v) is 6.04. The summed E-state index contributed by atoms with van der Waals surface area (Å²) < 4.78 is 1.95. The van der Waals surface area contributed by atoms with E-state index >= 15 is 0 Å². The maximum atomic E-state index is 12.9. The van der Waals surface area contributed by atoms with Crippen LogP contribution in [0.2, 0.25) is 5.02 Å². The topological polar surface area (TPSA) is 59.8 Å². The predicted octanol–water partition coefficient (Wildman–Crippen LogP) is 5.83. The Kier molecular flexibility index (Phi) is 7.00. The molecule has 2 aromatic carbocycles. The van der Waals surface area contributed by atoms with Crippen molar-refractivity contribution in [2.24, 2.45) is 0 Å². The SMILES string of the molecule is C=CCn1c(SC(C)C(=O)Nc2c(C)cc(C)cc2C)nnc1-c1ccc(Cl)cc1. The first kappa shape index (κ1) is 22.1. The molecule has 0 saturated heterocycles. The standard InChI is InChI=1S/C23H25ClN4OS/c1-6-11-28-21(18-7-9-19(24)10-8-18)26-27-23(28)30-17(5)22(29)25-20-15(3)12-14(2)13-16(20)4/h6-10,12-13,17H,1,11H2,2-5H3,(H,25,29). The van der Waals surface area contributed by atoms with Crippen molar-refractivity contribution in [3.63, 3.8) is 0 Å². The van der Waals surface area contributed by atoms with Gasteiger partial charge in [0.25, 0.3) is 0 Å².